The molecular formula is C17H14O5. The lowest BCUT2D eigenvalue weighted by Gasteiger charge is -2.22. The summed E-state index contributed by atoms with van der Waals surface area (Å²) < 4.78 is 10.5. The zero-order valence-electron chi connectivity index (χ0n) is 12.2. The molecule has 112 valence electrons. The standard InChI is InChI=1S/C17H14O5/c1-21-12-5-3-4-10-13(12)16(20)14-11(15(10)19)7-6-9(8-18)17(14)22-2/h3-7,18H,8H2,1-2H3. The lowest BCUT2D eigenvalue weighted by atomic mass is 9.82. The van der Waals surface area contributed by atoms with Crippen LogP contribution >= 0.6 is 0 Å². The van der Waals surface area contributed by atoms with Gasteiger partial charge < -0.3 is 14.6 Å². The van der Waals surface area contributed by atoms with E-state index in [-0.39, 0.29) is 40.6 Å². The lowest BCUT2D eigenvalue weighted by Crippen LogP contribution is -2.23. The van der Waals surface area contributed by atoms with Gasteiger partial charge in [-0.1, -0.05) is 18.2 Å². The van der Waals surface area contributed by atoms with Crippen molar-refractivity contribution >= 4 is 11.6 Å². The van der Waals surface area contributed by atoms with Gasteiger partial charge in [0.25, 0.3) is 0 Å². The molecule has 3 rings (SSSR count). The normalized spacial score (nSPS) is 12.7. The fourth-order valence-electron chi connectivity index (χ4n) is 2.79. The maximum atomic E-state index is 12.9. The Balaban J connectivity index is 2.35. The van der Waals surface area contributed by atoms with Gasteiger partial charge in [-0.3, -0.25) is 9.59 Å². The Bertz CT molecular complexity index is 792. The summed E-state index contributed by atoms with van der Waals surface area (Å²) in [4.78, 5) is 25.6. The van der Waals surface area contributed by atoms with Crippen LogP contribution in [-0.2, 0) is 6.61 Å². The maximum Gasteiger partial charge on any atom is 0.201 e. The van der Waals surface area contributed by atoms with E-state index in [2.05, 4.69) is 0 Å². The molecule has 0 saturated carbocycles. The first-order valence-electron chi connectivity index (χ1n) is 6.71. The van der Waals surface area contributed by atoms with Gasteiger partial charge in [-0.05, 0) is 12.1 Å². The van der Waals surface area contributed by atoms with Gasteiger partial charge in [0.15, 0.2) is 5.78 Å². The van der Waals surface area contributed by atoms with Crippen LogP contribution < -0.4 is 9.47 Å². The fourth-order valence-corrected chi connectivity index (χ4v) is 2.79. The quantitative estimate of drug-likeness (QED) is 0.800. The minimum atomic E-state index is -0.339. The van der Waals surface area contributed by atoms with Crippen LogP contribution in [0, 0.1) is 0 Å². The summed E-state index contributed by atoms with van der Waals surface area (Å²) in [6, 6.07) is 8.05. The zero-order valence-corrected chi connectivity index (χ0v) is 12.2. The number of ketones is 2. The smallest absolute Gasteiger partial charge is 0.201 e. The summed E-state index contributed by atoms with van der Waals surface area (Å²) in [6.07, 6.45) is 0. The number of carbonyl (C=O) groups is 2. The fraction of sp³-hybridized carbons (Fsp3) is 0.176. The monoisotopic (exact) mass is 298 g/mol. The first-order chi connectivity index (χ1) is 10.6. The average Bonchev–Trinajstić information content (AvgIpc) is 2.57. The minimum absolute atomic E-state index is 0.177. The minimum Gasteiger partial charge on any atom is -0.496 e. The van der Waals surface area contributed by atoms with Gasteiger partial charge in [0, 0.05) is 16.7 Å². The van der Waals surface area contributed by atoms with Crippen LogP contribution in [0.25, 0.3) is 0 Å². The summed E-state index contributed by atoms with van der Waals surface area (Å²) in [5.41, 5.74) is 1.46. The van der Waals surface area contributed by atoms with E-state index in [1.807, 2.05) is 0 Å². The molecule has 5 nitrogen and oxygen atoms in total. The molecule has 0 radical (unpaired) electrons. The van der Waals surface area contributed by atoms with E-state index in [4.69, 9.17) is 9.47 Å². The van der Waals surface area contributed by atoms with Crippen molar-refractivity contribution in [3.63, 3.8) is 0 Å². The van der Waals surface area contributed by atoms with Crippen LogP contribution in [0.5, 0.6) is 11.5 Å². The first kappa shape index (κ1) is 14.3. The SMILES string of the molecule is COc1cccc2c1C(=O)c1c(ccc(CO)c1OC)C2=O. The van der Waals surface area contributed by atoms with E-state index >= 15 is 0 Å². The molecule has 1 aliphatic rings. The van der Waals surface area contributed by atoms with Gasteiger partial charge in [-0.15, -0.1) is 0 Å². The molecular weight excluding hydrogens is 284 g/mol. The highest BCUT2D eigenvalue weighted by atomic mass is 16.5. The Morgan fingerprint density at radius 3 is 2.27 bits per heavy atom. The predicted octanol–water partition coefficient (Wildman–Crippen LogP) is 1.97. The number of carbonyl (C=O) groups excluding carboxylic acids is 2. The number of benzene rings is 2. The van der Waals surface area contributed by atoms with Crippen LogP contribution in [-0.4, -0.2) is 30.9 Å². The number of hydrogen-bond acceptors (Lipinski definition) is 5. The summed E-state index contributed by atoms with van der Waals surface area (Å²) in [5, 5.41) is 9.40. The van der Waals surface area contributed by atoms with Crippen molar-refractivity contribution in [2.45, 2.75) is 6.61 Å². The molecule has 0 bridgehead atoms. The summed E-state index contributed by atoms with van der Waals surface area (Å²) in [6.45, 7) is -0.281. The van der Waals surface area contributed by atoms with Gasteiger partial charge in [0.05, 0.1) is 32.0 Å². The molecule has 0 saturated heterocycles. The van der Waals surface area contributed by atoms with Crippen molar-refractivity contribution in [3.8, 4) is 11.5 Å². The van der Waals surface area contributed by atoms with Gasteiger partial charge >= 0.3 is 0 Å². The molecule has 0 unspecified atom stereocenters. The summed E-state index contributed by atoms with van der Waals surface area (Å²) in [5.74, 6) is -0.0200. The summed E-state index contributed by atoms with van der Waals surface area (Å²) >= 11 is 0. The van der Waals surface area contributed by atoms with Crippen LogP contribution in [0.15, 0.2) is 30.3 Å². The second-order valence-corrected chi connectivity index (χ2v) is 4.88. The van der Waals surface area contributed by atoms with E-state index in [9.17, 15) is 14.7 Å². The molecule has 0 amide bonds. The van der Waals surface area contributed by atoms with Crippen molar-refractivity contribution in [3.05, 3.63) is 58.1 Å². The highest BCUT2D eigenvalue weighted by molar-refractivity contribution is 6.30. The van der Waals surface area contributed by atoms with E-state index in [0.717, 1.165) is 0 Å². The number of hydrogen-bond donors (Lipinski definition) is 1. The number of methoxy groups -OCH3 is 2. The van der Waals surface area contributed by atoms with Gasteiger partial charge in [-0.25, -0.2) is 0 Å². The highest BCUT2D eigenvalue weighted by Gasteiger charge is 2.35. The Labute approximate surface area is 127 Å². The van der Waals surface area contributed by atoms with Crippen LogP contribution in [0.4, 0.5) is 0 Å². The molecule has 1 aliphatic carbocycles. The second-order valence-electron chi connectivity index (χ2n) is 4.88. The van der Waals surface area contributed by atoms with Gasteiger partial charge in [0.1, 0.15) is 11.5 Å². The Morgan fingerprint density at radius 1 is 0.909 bits per heavy atom. The third kappa shape index (κ3) is 1.83. The topological polar surface area (TPSA) is 72.8 Å². The van der Waals surface area contributed by atoms with Crippen molar-refractivity contribution in [2.75, 3.05) is 14.2 Å². The average molecular weight is 298 g/mol. The molecule has 0 heterocycles. The van der Waals surface area contributed by atoms with E-state index in [1.54, 1.807) is 30.3 Å². The highest BCUT2D eigenvalue weighted by Crippen LogP contribution is 2.38. The molecule has 22 heavy (non-hydrogen) atoms. The van der Waals surface area contributed by atoms with E-state index in [1.165, 1.54) is 14.2 Å². The molecule has 0 aromatic heterocycles. The van der Waals surface area contributed by atoms with Gasteiger partial charge in [-0.2, -0.15) is 0 Å². The zero-order chi connectivity index (χ0) is 15.9. The number of rotatable bonds is 3. The Kier molecular flexibility index (Phi) is 3.42. The third-order valence-electron chi connectivity index (χ3n) is 3.80. The van der Waals surface area contributed by atoms with Crippen molar-refractivity contribution < 1.29 is 24.2 Å². The van der Waals surface area contributed by atoms with Crippen molar-refractivity contribution in [1.29, 1.82) is 0 Å². The summed E-state index contributed by atoms with van der Waals surface area (Å²) in [7, 11) is 2.86. The first-order valence-corrected chi connectivity index (χ1v) is 6.71. The Morgan fingerprint density at radius 2 is 1.64 bits per heavy atom. The Hall–Kier alpha value is -2.66. The van der Waals surface area contributed by atoms with Crippen molar-refractivity contribution in [2.24, 2.45) is 0 Å². The number of aliphatic hydroxyl groups is 1. The van der Waals surface area contributed by atoms with E-state index < -0.39 is 0 Å². The third-order valence-corrected chi connectivity index (χ3v) is 3.80. The number of ether oxygens (including phenoxy) is 2. The van der Waals surface area contributed by atoms with Gasteiger partial charge in [0.2, 0.25) is 5.78 Å². The van der Waals surface area contributed by atoms with Crippen LogP contribution in [0.1, 0.15) is 37.4 Å². The van der Waals surface area contributed by atoms with Crippen LogP contribution in [0.3, 0.4) is 0 Å². The molecule has 0 aliphatic heterocycles. The second kappa shape index (κ2) is 5.27. The lowest BCUT2D eigenvalue weighted by molar-refractivity contribution is 0.0973. The molecule has 0 spiro atoms. The van der Waals surface area contributed by atoms with Crippen LogP contribution in [0.2, 0.25) is 0 Å². The maximum absolute atomic E-state index is 12.9. The van der Waals surface area contributed by atoms with E-state index in [0.29, 0.717) is 16.9 Å². The molecule has 2 aromatic rings. The molecule has 0 fully saturated rings. The molecule has 5 heteroatoms. The molecule has 2 aromatic carbocycles. The molecule has 1 N–H and O–H groups in total. The number of fused-ring (bicyclic) bond motifs is 2. The van der Waals surface area contributed by atoms with Crippen molar-refractivity contribution in [1.82, 2.24) is 0 Å². The largest absolute Gasteiger partial charge is 0.496 e. The number of aliphatic hydroxyl groups excluding tert-OH is 1. The predicted molar refractivity (Wildman–Crippen MR) is 78.8 cm³/mol. The molecule has 0 atom stereocenters.